The van der Waals surface area contributed by atoms with Crippen molar-refractivity contribution in [3.05, 3.63) is 29.3 Å². The Kier molecular flexibility index (Phi) is 4.17. The van der Waals surface area contributed by atoms with Gasteiger partial charge in [0.15, 0.2) is 0 Å². The van der Waals surface area contributed by atoms with Gasteiger partial charge in [-0.2, -0.15) is 0 Å². The van der Waals surface area contributed by atoms with Gasteiger partial charge in [0, 0.05) is 19.6 Å². The molecule has 1 saturated heterocycles. The lowest BCUT2D eigenvalue weighted by atomic mass is 10.1. The molecule has 100 valence electrons. The van der Waals surface area contributed by atoms with Crippen LogP contribution in [-0.4, -0.2) is 19.6 Å². The third-order valence-corrected chi connectivity index (χ3v) is 3.40. The molecule has 1 heterocycles. The Bertz CT molecular complexity index is 397. The molecule has 0 aliphatic carbocycles. The molecule has 1 atom stereocenters. The fourth-order valence-corrected chi connectivity index (χ4v) is 2.43. The lowest BCUT2D eigenvalue weighted by Crippen LogP contribution is -2.22. The van der Waals surface area contributed by atoms with Crippen LogP contribution in [0.4, 0.5) is 14.5 Å². The molecule has 1 aliphatic rings. The third-order valence-electron chi connectivity index (χ3n) is 3.40. The fraction of sp³-hybridized carbons (Fsp3) is 0.571. The van der Waals surface area contributed by atoms with E-state index in [-0.39, 0.29) is 5.69 Å². The minimum absolute atomic E-state index is 0.139. The quantitative estimate of drug-likeness (QED) is 0.888. The zero-order valence-electron chi connectivity index (χ0n) is 11.0. The highest BCUT2D eigenvalue weighted by Gasteiger charge is 2.24. The van der Waals surface area contributed by atoms with E-state index in [1.807, 2.05) is 11.8 Å². The molecule has 1 aromatic rings. The van der Waals surface area contributed by atoms with E-state index in [2.05, 4.69) is 12.2 Å². The number of hydrogen-bond acceptors (Lipinski definition) is 2. The van der Waals surface area contributed by atoms with Gasteiger partial charge in [-0.25, -0.2) is 8.78 Å². The van der Waals surface area contributed by atoms with Crippen molar-refractivity contribution in [3.8, 4) is 0 Å². The van der Waals surface area contributed by atoms with Crippen LogP contribution in [0.15, 0.2) is 12.1 Å². The highest BCUT2D eigenvalue weighted by atomic mass is 19.1. The number of hydrogen-bond donors (Lipinski definition) is 1. The average molecular weight is 254 g/mol. The molecule has 4 heteroatoms. The summed E-state index contributed by atoms with van der Waals surface area (Å²) >= 11 is 0. The van der Waals surface area contributed by atoms with Gasteiger partial charge in [0.25, 0.3) is 0 Å². The summed E-state index contributed by atoms with van der Waals surface area (Å²) in [5.41, 5.74) is 0.794. The first-order chi connectivity index (χ1) is 8.61. The summed E-state index contributed by atoms with van der Waals surface area (Å²) in [5, 5.41) is 3.07. The summed E-state index contributed by atoms with van der Waals surface area (Å²) in [6.07, 6.45) is 0.998. The summed E-state index contributed by atoms with van der Waals surface area (Å²) in [6, 6.07) is 2.87. The molecule has 1 aliphatic heterocycles. The standard InChI is InChI=1S/C14H20F2N2/c1-3-17-8-11-6-12(15)14(13(16)7-11)18-5-4-10(2)9-18/h6-7,10,17H,3-5,8-9H2,1-2H3. The first-order valence-electron chi connectivity index (χ1n) is 6.55. The maximum Gasteiger partial charge on any atom is 0.149 e. The van der Waals surface area contributed by atoms with Gasteiger partial charge in [0.05, 0.1) is 0 Å². The molecule has 1 N–H and O–H groups in total. The number of nitrogens with one attached hydrogen (secondary N) is 1. The van der Waals surface area contributed by atoms with Gasteiger partial charge in [-0.15, -0.1) is 0 Å². The van der Waals surface area contributed by atoms with Crippen molar-refractivity contribution in [1.82, 2.24) is 5.32 Å². The lowest BCUT2D eigenvalue weighted by molar-refractivity contribution is 0.569. The van der Waals surface area contributed by atoms with Crippen LogP contribution in [0.25, 0.3) is 0 Å². The van der Waals surface area contributed by atoms with Crippen LogP contribution in [0.3, 0.4) is 0 Å². The van der Waals surface area contributed by atoms with Gasteiger partial charge in [-0.3, -0.25) is 0 Å². The summed E-state index contributed by atoms with van der Waals surface area (Å²) in [6.45, 7) is 6.83. The zero-order valence-corrected chi connectivity index (χ0v) is 11.0. The third kappa shape index (κ3) is 2.80. The molecule has 18 heavy (non-hydrogen) atoms. The van der Waals surface area contributed by atoms with Crippen LogP contribution in [0.1, 0.15) is 25.8 Å². The van der Waals surface area contributed by atoms with E-state index in [1.54, 1.807) is 0 Å². The summed E-state index contributed by atoms with van der Waals surface area (Å²) in [5.74, 6) is -0.390. The summed E-state index contributed by atoms with van der Waals surface area (Å²) < 4.78 is 28.0. The fourth-order valence-electron chi connectivity index (χ4n) is 2.43. The molecular weight excluding hydrogens is 234 g/mol. The zero-order chi connectivity index (χ0) is 13.1. The molecule has 0 aromatic heterocycles. The summed E-state index contributed by atoms with van der Waals surface area (Å²) in [4.78, 5) is 1.81. The minimum Gasteiger partial charge on any atom is -0.367 e. The Morgan fingerprint density at radius 3 is 2.50 bits per heavy atom. The number of rotatable bonds is 4. The second-order valence-corrected chi connectivity index (χ2v) is 5.03. The Morgan fingerprint density at radius 2 is 2.00 bits per heavy atom. The second kappa shape index (κ2) is 5.65. The highest BCUT2D eigenvalue weighted by Crippen LogP contribution is 2.29. The molecule has 2 rings (SSSR count). The predicted octanol–water partition coefficient (Wildman–Crippen LogP) is 2.92. The van der Waals surface area contributed by atoms with Crippen LogP contribution in [-0.2, 0) is 6.54 Å². The van der Waals surface area contributed by atoms with Gasteiger partial charge in [0.1, 0.15) is 17.3 Å². The highest BCUT2D eigenvalue weighted by molar-refractivity contribution is 5.51. The number of nitrogens with zero attached hydrogens (tertiary/aromatic N) is 1. The van der Waals surface area contributed by atoms with Crippen molar-refractivity contribution >= 4 is 5.69 Å². The molecule has 1 aromatic carbocycles. The Balaban J connectivity index is 2.21. The van der Waals surface area contributed by atoms with E-state index < -0.39 is 11.6 Å². The molecule has 2 nitrogen and oxygen atoms in total. The molecule has 1 unspecified atom stereocenters. The van der Waals surface area contributed by atoms with E-state index in [1.165, 1.54) is 12.1 Å². The van der Waals surface area contributed by atoms with E-state index in [0.29, 0.717) is 18.0 Å². The van der Waals surface area contributed by atoms with Crippen molar-refractivity contribution < 1.29 is 8.78 Å². The van der Waals surface area contributed by atoms with E-state index >= 15 is 0 Å². The van der Waals surface area contributed by atoms with E-state index in [4.69, 9.17) is 0 Å². The normalized spacial score (nSPS) is 19.6. The van der Waals surface area contributed by atoms with Crippen molar-refractivity contribution in [1.29, 1.82) is 0 Å². The maximum atomic E-state index is 14.0. The largest absolute Gasteiger partial charge is 0.367 e. The number of halogens is 2. The average Bonchev–Trinajstić information content (AvgIpc) is 2.72. The molecule has 0 radical (unpaired) electrons. The molecule has 0 spiro atoms. The molecule has 0 saturated carbocycles. The van der Waals surface area contributed by atoms with E-state index in [9.17, 15) is 8.78 Å². The summed E-state index contributed by atoms with van der Waals surface area (Å²) in [7, 11) is 0. The van der Waals surface area contributed by atoms with Gasteiger partial charge in [0.2, 0.25) is 0 Å². The van der Waals surface area contributed by atoms with Crippen molar-refractivity contribution in [3.63, 3.8) is 0 Å². The Labute approximate surface area is 107 Å². The second-order valence-electron chi connectivity index (χ2n) is 5.03. The first kappa shape index (κ1) is 13.3. The van der Waals surface area contributed by atoms with Crippen LogP contribution < -0.4 is 10.2 Å². The van der Waals surface area contributed by atoms with Crippen molar-refractivity contribution in [2.45, 2.75) is 26.8 Å². The molecule has 1 fully saturated rings. The van der Waals surface area contributed by atoms with Gasteiger partial charge in [-0.1, -0.05) is 13.8 Å². The molecule has 0 amide bonds. The minimum atomic E-state index is -0.447. The van der Waals surface area contributed by atoms with Gasteiger partial charge >= 0.3 is 0 Å². The Hall–Kier alpha value is -1.16. The van der Waals surface area contributed by atoms with Crippen molar-refractivity contribution in [2.75, 3.05) is 24.5 Å². The lowest BCUT2D eigenvalue weighted by Gasteiger charge is -2.20. The molecule has 0 bridgehead atoms. The van der Waals surface area contributed by atoms with Crippen LogP contribution >= 0.6 is 0 Å². The molecular formula is C14H20F2N2. The van der Waals surface area contributed by atoms with Crippen molar-refractivity contribution in [2.24, 2.45) is 5.92 Å². The van der Waals surface area contributed by atoms with Crippen LogP contribution in [0, 0.1) is 17.6 Å². The van der Waals surface area contributed by atoms with Crippen LogP contribution in [0.5, 0.6) is 0 Å². The monoisotopic (exact) mass is 254 g/mol. The topological polar surface area (TPSA) is 15.3 Å². The predicted molar refractivity (Wildman–Crippen MR) is 69.7 cm³/mol. The van der Waals surface area contributed by atoms with Gasteiger partial charge < -0.3 is 10.2 Å². The van der Waals surface area contributed by atoms with E-state index in [0.717, 1.165) is 26.1 Å². The smallest absolute Gasteiger partial charge is 0.149 e. The number of anilines is 1. The Morgan fingerprint density at radius 1 is 1.33 bits per heavy atom. The number of benzene rings is 1. The van der Waals surface area contributed by atoms with Gasteiger partial charge in [-0.05, 0) is 36.6 Å². The SMILES string of the molecule is CCNCc1cc(F)c(N2CCC(C)C2)c(F)c1. The first-order valence-corrected chi connectivity index (χ1v) is 6.55. The maximum absolute atomic E-state index is 14.0. The van der Waals surface area contributed by atoms with Crippen LogP contribution in [0.2, 0.25) is 0 Å².